The average molecular weight is 272 g/mol. The second-order valence-corrected chi connectivity index (χ2v) is 5.83. The van der Waals surface area contributed by atoms with Gasteiger partial charge in [-0.1, -0.05) is 13.8 Å². The highest BCUT2D eigenvalue weighted by molar-refractivity contribution is 7.98. The van der Waals surface area contributed by atoms with E-state index in [9.17, 15) is 4.79 Å². The standard InChI is InChI=1S/C12H20N2OS2/c1-4-12(13,5-2)8-14-11(15)10-9(16-3)6-7-17-10/h6-7H,4-5,8,13H2,1-3H3,(H,14,15). The second kappa shape index (κ2) is 6.42. The first kappa shape index (κ1) is 14.5. The maximum Gasteiger partial charge on any atom is 0.262 e. The molecule has 1 rings (SSSR count). The highest BCUT2D eigenvalue weighted by atomic mass is 32.2. The highest BCUT2D eigenvalue weighted by Gasteiger charge is 2.22. The van der Waals surface area contributed by atoms with Crippen molar-refractivity contribution in [2.75, 3.05) is 12.8 Å². The van der Waals surface area contributed by atoms with Crippen LogP contribution >= 0.6 is 23.1 Å². The summed E-state index contributed by atoms with van der Waals surface area (Å²) in [6.45, 7) is 4.63. The number of thiophene rings is 1. The average Bonchev–Trinajstić information content (AvgIpc) is 2.83. The van der Waals surface area contributed by atoms with Crippen molar-refractivity contribution in [2.24, 2.45) is 5.73 Å². The van der Waals surface area contributed by atoms with E-state index in [1.165, 1.54) is 11.3 Å². The van der Waals surface area contributed by atoms with E-state index in [4.69, 9.17) is 5.73 Å². The normalized spacial score (nSPS) is 11.5. The Morgan fingerprint density at radius 2 is 2.18 bits per heavy atom. The fraction of sp³-hybridized carbons (Fsp3) is 0.583. The number of amides is 1. The molecule has 0 aliphatic rings. The molecule has 3 N–H and O–H groups in total. The zero-order valence-electron chi connectivity index (χ0n) is 10.6. The van der Waals surface area contributed by atoms with Crippen molar-refractivity contribution in [3.63, 3.8) is 0 Å². The first-order valence-corrected chi connectivity index (χ1v) is 7.85. The summed E-state index contributed by atoms with van der Waals surface area (Å²) in [5.74, 6) is -0.0129. The summed E-state index contributed by atoms with van der Waals surface area (Å²) >= 11 is 3.07. The van der Waals surface area contributed by atoms with Crippen LogP contribution in [0.3, 0.4) is 0 Å². The monoisotopic (exact) mass is 272 g/mol. The van der Waals surface area contributed by atoms with E-state index in [0.29, 0.717) is 6.54 Å². The van der Waals surface area contributed by atoms with Crippen molar-refractivity contribution in [1.29, 1.82) is 0 Å². The molecule has 5 heteroatoms. The van der Waals surface area contributed by atoms with E-state index in [-0.39, 0.29) is 11.4 Å². The minimum Gasteiger partial charge on any atom is -0.349 e. The Bertz CT molecular complexity index is 372. The number of rotatable bonds is 6. The van der Waals surface area contributed by atoms with Gasteiger partial charge in [-0.3, -0.25) is 4.79 Å². The molecule has 96 valence electrons. The van der Waals surface area contributed by atoms with Crippen molar-refractivity contribution in [3.05, 3.63) is 16.3 Å². The van der Waals surface area contributed by atoms with Gasteiger partial charge in [0.25, 0.3) is 5.91 Å². The Labute approximate surface area is 111 Å². The third-order valence-electron chi connectivity index (χ3n) is 3.06. The molecule has 0 fully saturated rings. The first-order valence-electron chi connectivity index (χ1n) is 5.75. The molecule has 0 aromatic carbocycles. The fourth-order valence-electron chi connectivity index (χ4n) is 1.46. The molecular weight excluding hydrogens is 252 g/mol. The summed E-state index contributed by atoms with van der Waals surface area (Å²) in [6, 6.07) is 1.97. The molecule has 0 aliphatic carbocycles. The Hall–Kier alpha value is -0.520. The summed E-state index contributed by atoms with van der Waals surface area (Å²) in [4.78, 5) is 13.8. The maximum atomic E-state index is 12.0. The number of hydrogen-bond donors (Lipinski definition) is 2. The number of nitrogens with two attached hydrogens (primary N) is 1. The van der Waals surface area contributed by atoms with Crippen LogP contribution < -0.4 is 11.1 Å². The predicted octanol–water partition coefficient (Wildman–Crippen LogP) is 2.72. The van der Waals surface area contributed by atoms with E-state index in [1.54, 1.807) is 11.8 Å². The number of thioether (sulfide) groups is 1. The lowest BCUT2D eigenvalue weighted by Crippen LogP contribution is -2.49. The van der Waals surface area contributed by atoms with Gasteiger partial charge in [-0.25, -0.2) is 0 Å². The van der Waals surface area contributed by atoms with Crippen LogP contribution in [0.25, 0.3) is 0 Å². The molecule has 0 saturated heterocycles. The Balaban J connectivity index is 2.62. The van der Waals surface area contributed by atoms with Gasteiger partial charge in [0, 0.05) is 17.0 Å². The van der Waals surface area contributed by atoms with E-state index >= 15 is 0 Å². The molecule has 0 saturated carbocycles. The Kier molecular flexibility index (Phi) is 5.49. The molecule has 1 heterocycles. The molecule has 0 unspecified atom stereocenters. The predicted molar refractivity (Wildman–Crippen MR) is 75.9 cm³/mol. The van der Waals surface area contributed by atoms with Gasteiger partial charge in [-0.2, -0.15) is 0 Å². The smallest absolute Gasteiger partial charge is 0.262 e. The lowest BCUT2D eigenvalue weighted by Gasteiger charge is -2.26. The van der Waals surface area contributed by atoms with Crippen molar-refractivity contribution in [2.45, 2.75) is 37.1 Å². The number of nitrogens with one attached hydrogen (secondary N) is 1. The third-order valence-corrected chi connectivity index (χ3v) is 4.89. The van der Waals surface area contributed by atoms with Crippen molar-refractivity contribution in [1.82, 2.24) is 5.32 Å². The number of hydrogen-bond acceptors (Lipinski definition) is 4. The SMILES string of the molecule is CCC(N)(CC)CNC(=O)c1sccc1SC. The maximum absolute atomic E-state index is 12.0. The van der Waals surface area contributed by atoms with Crippen LogP contribution in [0, 0.1) is 0 Å². The van der Waals surface area contributed by atoms with Gasteiger partial charge in [0.1, 0.15) is 4.88 Å². The fourth-order valence-corrected chi connectivity index (χ4v) is 3.13. The lowest BCUT2D eigenvalue weighted by atomic mass is 9.94. The van der Waals surface area contributed by atoms with Crippen LogP contribution in [-0.2, 0) is 0 Å². The molecule has 0 aliphatic heterocycles. The molecule has 0 radical (unpaired) electrons. The van der Waals surface area contributed by atoms with E-state index in [1.807, 2.05) is 31.5 Å². The molecule has 1 aromatic rings. The van der Waals surface area contributed by atoms with E-state index in [0.717, 1.165) is 22.6 Å². The minimum absolute atomic E-state index is 0.0129. The summed E-state index contributed by atoms with van der Waals surface area (Å²) in [5.41, 5.74) is 5.87. The highest BCUT2D eigenvalue weighted by Crippen LogP contribution is 2.25. The quantitative estimate of drug-likeness (QED) is 0.783. The number of carbonyl (C=O) groups is 1. The van der Waals surface area contributed by atoms with Crippen LogP contribution in [0.5, 0.6) is 0 Å². The van der Waals surface area contributed by atoms with Gasteiger partial charge in [0.2, 0.25) is 0 Å². The molecule has 17 heavy (non-hydrogen) atoms. The molecule has 1 aromatic heterocycles. The van der Waals surface area contributed by atoms with Crippen molar-refractivity contribution in [3.8, 4) is 0 Å². The van der Waals surface area contributed by atoms with Crippen LogP contribution in [0.4, 0.5) is 0 Å². The van der Waals surface area contributed by atoms with Crippen molar-refractivity contribution < 1.29 is 4.79 Å². The van der Waals surface area contributed by atoms with Crippen molar-refractivity contribution >= 4 is 29.0 Å². The molecular formula is C12H20N2OS2. The number of carbonyl (C=O) groups excluding carboxylic acids is 1. The van der Waals surface area contributed by atoms with E-state index in [2.05, 4.69) is 5.32 Å². The van der Waals surface area contributed by atoms with Crippen LogP contribution in [-0.4, -0.2) is 24.2 Å². The zero-order valence-corrected chi connectivity index (χ0v) is 12.2. The van der Waals surface area contributed by atoms with Gasteiger partial charge in [-0.15, -0.1) is 23.1 Å². The Morgan fingerprint density at radius 1 is 1.53 bits per heavy atom. The molecule has 0 bridgehead atoms. The molecule has 0 atom stereocenters. The molecule has 1 amide bonds. The van der Waals surface area contributed by atoms with Gasteiger partial charge < -0.3 is 11.1 Å². The van der Waals surface area contributed by atoms with Gasteiger partial charge in [0.15, 0.2) is 0 Å². The summed E-state index contributed by atoms with van der Waals surface area (Å²) < 4.78 is 0. The van der Waals surface area contributed by atoms with Crippen LogP contribution in [0.2, 0.25) is 0 Å². The zero-order chi connectivity index (χ0) is 12.9. The second-order valence-electron chi connectivity index (χ2n) is 4.07. The summed E-state index contributed by atoms with van der Waals surface area (Å²) in [5, 5.41) is 4.88. The molecule has 3 nitrogen and oxygen atoms in total. The topological polar surface area (TPSA) is 55.1 Å². The minimum atomic E-state index is -0.285. The van der Waals surface area contributed by atoms with Gasteiger partial charge >= 0.3 is 0 Å². The van der Waals surface area contributed by atoms with Crippen LogP contribution in [0.15, 0.2) is 16.3 Å². The van der Waals surface area contributed by atoms with Gasteiger partial charge in [-0.05, 0) is 30.5 Å². The summed E-state index contributed by atoms with van der Waals surface area (Å²) in [7, 11) is 0. The largest absolute Gasteiger partial charge is 0.349 e. The third kappa shape index (κ3) is 3.72. The van der Waals surface area contributed by atoms with Crippen LogP contribution in [0.1, 0.15) is 36.4 Å². The summed E-state index contributed by atoms with van der Waals surface area (Å²) in [6.07, 6.45) is 3.71. The first-order chi connectivity index (χ1) is 8.06. The molecule has 0 spiro atoms. The lowest BCUT2D eigenvalue weighted by molar-refractivity contribution is 0.0943. The van der Waals surface area contributed by atoms with E-state index < -0.39 is 0 Å². The Morgan fingerprint density at radius 3 is 2.71 bits per heavy atom. The van der Waals surface area contributed by atoms with Gasteiger partial charge in [0.05, 0.1) is 0 Å².